The van der Waals surface area contributed by atoms with Crippen LogP contribution in [0.2, 0.25) is 0 Å². The molecule has 3 aliphatic rings. The number of rotatable bonds is 5. The van der Waals surface area contributed by atoms with Gasteiger partial charge in [-0.25, -0.2) is 9.97 Å². The quantitative estimate of drug-likeness (QED) is 0.706. The fraction of sp³-hybridized carbons (Fsp3) is 0.762. The number of aromatic nitrogens is 2. The van der Waals surface area contributed by atoms with Crippen molar-refractivity contribution in [3.63, 3.8) is 0 Å². The maximum atomic E-state index is 12.1. The van der Waals surface area contributed by atoms with Gasteiger partial charge >= 0.3 is 7.12 Å². The number of amides is 1. The average molecular weight is 400 g/mol. The Kier molecular flexibility index (Phi) is 5.36. The van der Waals surface area contributed by atoms with Gasteiger partial charge in [0.25, 0.3) is 0 Å². The van der Waals surface area contributed by atoms with E-state index in [4.69, 9.17) is 9.31 Å². The highest BCUT2D eigenvalue weighted by molar-refractivity contribution is 6.61. The van der Waals surface area contributed by atoms with Crippen molar-refractivity contribution in [3.05, 3.63) is 12.4 Å². The van der Waals surface area contributed by atoms with Gasteiger partial charge in [0.15, 0.2) is 0 Å². The molecule has 4 rings (SSSR count). The molecule has 2 aliphatic heterocycles. The number of piperidine rings is 1. The fourth-order valence-electron chi connectivity index (χ4n) is 4.19. The summed E-state index contributed by atoms with van der Waals surface area (Å²) in [5, 5.41) is 0. The molecule has 3 fully saturated rings. The molecule has 29 heavy (non-hydrogen) atoms. The molecule has 1 atom stereocenters. The monoisotopic (exact) mass is 400 g/mol. The zero-order valence-electron chi connectivity index (χ0n) is 18.4. The van der Waals surface area contributed by atoms with Crippen molar-refractivity contribution in [2.24, 2.45) is 0 Å². The number of carbonyl (C=O) groups is 1. The largest absolute Gasteiger partial charge is 0.498 e. The van der Waals surface area contributed by atoms with Crippen molar-refractivity contribution < 1.29 is 14.1 Å². The van der Waals surface area contributed by atoms with Crippen molar-refractivity contribution in [2.45, 2.75) is 90.0 Å². The highest BCUT2D eigenvalue weighted by Gasteiger charge is 2.52. The van der Waals surface area contributed by atoms with E-state index in [0.29, 0.717) is 6.04 Å². The van der Waals surface area contributed by atoms with Crippen LogP contribution in [0.15, 0.2) is 12.4 Å². The molecule has 1 aromatic heterocycles. The normalized spacial score (nSPS) is 25.9. The first-order valence-corrected chi connectivity index (χ1v) is 10.9. The van der Waals surface area contributed by atoms with E-state index in [1.807, 2.05) is 45.0 Å². The average Bonchev–Trinajstić information content (AvgIpc) is 3.47. The summed E-state index contributed by atoms with van der Waals surface area (Å²) in [6, 6.07) is 0.724. The highest BCUT2D eigenvalue weighted by atomic mass is 16.7. The van der Waals surface area contributed by atoms with Gasteiger partial charge < -0.3 is 19.1 Å². The van der Waals surface area contributed by atoms with E-state index in [0.717, 1.165) is 50.2 Å². The molecule has 0 aromatic carbocycles. The van der Waals surface area contributed by atoms with Gasteiger partial charge in [0, 0.05) is 50.0 Å². The molecule has 8 heteroatoms. The fourth-order valence-corrected chi connectivity index (χ4v) is 4.19. The van der Waals surface area contributed by atoms with E-state index in [-0.39, 0.29) is 23.2 Å². The summed E-state index contributed by atoms with van der Waals surface area (Å²) in [6.07, 6.45) is 9.29. The smallest absolute Gasteiger partial charge is 0.399 e. The highest BCUT2D eigenvalue weighted by Crippen LogP contribution is 2.36. The Balaban J connectivity index is 1.48. The van der Waals surface area contributed by atoms with Crippen molar-refractivity contribution in [1.82, 2.24) is 14.9 Å². The van der Waals surface area contributed by atoms with Gasteiger partial charge in [-0.3, -0.25) is 4.79 Å². The van der Waals surface area contributed by atoms with Crippen LogP contribution in [0, 0.1) is 0 Å². The van der Waals surface area contributed by atoms with Gasteiger partial charge in [0.1, 0.15) is 0 Å². The summed E-state index contributed by atoms with van der Waals surface area (Å²) in [5.74, 6) is 0.907. The van der Waals surface area contributed by atoms with Crippen molar-refractivity contribution >= 4 is 24.4 Å². The lowest BCUT2D eigenvalue weighted by atomic mass is 9.81. The standard InChI is InChI=1S/C21H33BN4O3/c1-15(27)25-11-7-6-8-18(25)14-26(17-9-10-17)19-23-12-16(13-24-19)22-28-20(2,3)21(4,5)29-22/h12-13,17-18H,6-11,14H2,1-5H3/t18-/m0/s1. The van der Waals surface area contributed by atoms with E-state index in [9.17, 15) is 4.79 Å². The van der Waals surface area contributed by atoms with Crippen LogP contribution in [0.5, 0.6) is 0 Å². The Bertz CT molecular complexity index is 735. The number of hydrogen-bond acceptors (Lipinski definition) is 6. The molecule has 2 saturated heterocycles. The lowest BCUT2D eigenvalue weighted by Gasteiger charge is -2.38. The summed E-state index contributed by atoms with van der Waals surface area (Å²) < 4.78 is 12.2. The molecular formula is C21H33BN4O3. The predicted molar refractivity (Wildman–Crippen MR) is 113 cm³/mol. The zero-order valence-corrected chi connectivity index (χ0v) is 18.4. The third-order valence-electron chi connectivity index (χ3n) is 6.87. The molecule has 0 radical (unpaired) electrons. The molecule has 0 spiro atoms. The first-order valence-electron chi connectivity index (χ1n) is 10.9. The molecule has 7 nitrogen and oxygen atoms in total. The van der Waals surface area contributed by atoms with Crippen LogP contribution in [-0.2, 0) is 14.1 Å². The maximum absolute atomic E-state index is 12.1. The molecule has 158 valence electrons. The predicted octanol–water partition coefficient (Wildman–Crippen LogP) is 2.15. The molecule has 0 N–H and O–H groups in total. The minimum Gasteiger partial charge on any atom is -0.399 e. The van der Waals surface area contributed by atoms with Gasteiger partial charge in [-0.05, 0) is 59.8 Å². The van der Waals surface area contributed by atoms with Gasteiger partial charge in [0.05, 0.1) is 11.2 Å². The Morgan fingerprint density at radius 2 is 1.76 bits per heavy atom. The third kappa shape index (κ3) is 4.15. The van der Waals surface area contributed by atoms with Gasteiger partial charge in [-0.2, -0.15) is 0 Å². The van der Waals surface area contributed by atoms with Crippen LogP contribution in [0.25, 0.3) is 0 Å². The second-order valence-electron chi connectivity index (χ2n) is 9.65. The van der Waals surface area contributed by atoms with E-state index in [2.05, 4.69) is 14.9 Å². The van der Waals surface area contributed by atoms with Crippen LogP contribution in [0.3, 0.4) is 0 Å². The number of hydrogen-bond donors (Lipinski definition) is 0. The Morgan fingerprint density at radius 3 is 2.31 bits per heavy atom. The van der Waals surface area contributed by atoms with Crippen molar-refractivity contribution in [1.29, 1.82) is 0 Å². The van der Waals surface area contributed by atoms with E-state index >= 15 is 0 Å². The Labute approximate surface area is 174 Å². The molecule has 1 amide bonds. The van der Waals surface area contributed by atoms with E-state index < -0.39 is 7.12 Å². The molecule has 1 aromatic rings. The van der Waals surface area contributed by atoms with Crippen LogP contribution < -0.4 is 10.4 Å². The van der Waals surface area contributed by atoms with Crippen LogP contribution in [0.4, 0.5) is 5.95 Å². The minimum atomic E-state index is -0.449. The van der Waals surface area contributed by atoms with Crippen LogP contribution in [0.1, 0.15) is 66.7 Å². The summed E-state index contributed by atoms with van der Waals surface area (Å²) >= 11 is 0. The molecular weight excluding hydrogens is 367 g/mol. The van der Waals surface area contributed by atoms with Crippen LogP contribution in [-0.4, -0.2) is 64.3 Å². The lowest BCUT2D eigenvalue weighted by Crippen LogP contribution is -2.49. The third-order valence-corrected chi connectivity index (χ3v) is 6.87. The zero-order chi connectivity index (χ0) is 20.8. The molecule has 0 unspecified atom stereocenters. The molecule has 1 aliphatic carbocycles. The van der Waals surface area contributed by atoms with E-state index in [1.165, 1.54) is 6.42 Å². The van der Waals surface area contributed by atoms with Crippen LogP contribution >= 0.6 is 0 Å². The summed E-state index contributed by atoms with van der Waals surface area (Å²) in [4.78, 5) is 25.7. The van der Waals surface area contributed by atoms with Crippen molar-refractivity contribution in [3.8, 4) is 0 Å². The van der Waals surface area contributed by atoms with Gasteiger partial charge in [-0.15, -0.1) is 0 Å². The molecule has 1 saturated carbocycles. The van der Waals surface area contributed by atoms with Gasteiger partial charge in [-0.1, -0.05) is 0 Å². The summed E-state index contributed by atoms with van der Waals surface area (Å²) in [7, 11) is -0.449. The van der Waals surface area contributed by atoms with Crippen molar-refractivity contribution in [2.75, 3.05) is 18.0 Å². The second kappa shape index (κ2) is 7.54. The van der Waals surface area contributed by atoms with E-state index in [1.54, 1.807) is 6.92 Å². The summed E-state index contributed by atoms with van der Waals surface area (Å²) in [6.45, 7) is 11.5. The number of likely N-dealkylation sites (tertiary alicyclic amines) is 1. The lowest BCUT2D eigenvalue weighted by molar-refractivity contribution is -0.132. The molecule has 0 bridgehead atoms. The van der Waals surface area contributed by atoms with Gasteiger partial charge in [0.2, 0.25) is 11.9 Å². The number of anilines is 1. The number of carbonyl (C=O) groups excluding carboxylic acids is 1. The number of nitrogens with zero attached hydrogens (tertiary/aromatic N) is 4. The SMILES string of the molecule is CC(=O)N1CCCC[C@H]1CN(c1ncc(B2OC(C)(C)C(C)(C)O2)cn1)C1CC1. The first kappa shape index (κ1) is 20.6. The minimum absolute atomic E-state index is 0.169. The maximum Gasteiger partial charge on any atom is 0.498 e. The summed E-state index contributed by atoms with van der Waals surface area (Å²) in [5.41, 5.74) is 0.0762. The first-order chi connectivity index (χ1) is 13.7. The Morgan fingerprint density at radius 1 is 1.14 bits per heavy atom. The second-order valence-corrected chi connectivity index (χ2v) is 9.65. The Hall–Kier alpha value is -1.67. The molecule has 3 heterocycles. The topological polar surface area (TPSA) is 67.8 Å².